The maximum Gasteiger partial charge on any atom is 0.226 e. The summed E-state index contributed by atoms with van der Waals surface area (Å²) in [6, 6.07) is 5.11. The van der Waals surface area contributed by atoms with Crippen LogP contribution in [0.15, 0.2) is 29.2 Å². The molecule has 2 rings (SSSR count). The summed E-state index contributed by atoms with van der Waals surface area (Å²) in [4.78, 5) is 14.2. The molecule has 1 aromatic carbocycles. The van der Waals surface area contributed by atoms with Gasteiger partial charge in [-0.1, -0.05) is 6.92 Å². The number of likely N-dealkylation sites (tertiary alicyclic amines) is 1. The Morgan fingerprint density at radius 1 is 1.29 bits per heavy atom. The first kappa shape index (κ1) is 20.9. The summed E-state index contributed by atoms with van der Waals surface area (Å²) < 4.78 is 37.6. The van der Waals surface area contributed by atoms with E-state index in [2.05, 4.69) is 5.32 Å². The molecular formula is C16H24ClFN2O3S. The smallest absolute Gasteiger partial charge is 0.226 e. The van der Waals surface area contributed by atoms with Crippen LogP contribution in [0.2, 0.25) is 0 Å². The van der Waals surface area contributed by atoms with Crippen molar-refractivity contribution in [3.8, 4) is 0 Å². The molecule has 0 aromatic heterocycles. The third-order valence-corrected chi connectivity index (χ3v) is 6.21. The van der Waals surface area contributed by atoms with Crippen molar-refractivity contribution >= 4 is 28.2 Å². The molecule has 1 saturated heterocycles. The lowest BCUT2D eigenvalue weighted by Crippen LogP contribution is -2.46. The van der Waals surface area contributed by atoms with Crippen LogP contribution in [0.5, 0.6) is 0 Å². The van der Waals surface area contributed by atoms with Gasteiger partial charge >= 0.3 is 0 Å². The van der Waals surface area contributed by atoms with E-state index in [0.29, 0.717) is 19.1 Å². The third kappa shape index (κ3) is 5.16. The van der Waals surface area contributed by atoms with E-state index in [-0.39, 0.29) is 29.0 Å². The maximum atomic E-state index is 12.9. The molecule has 0 aliphatic carbocycles. The van der Waals surface area contributed by atoms with E-state index < -0.39 is 21.6 Å². The molecule has 8 heteroatoms. The molecule has 1 heterocycles. The van der Waals surface area contributed by atoms with Gasteiger partial charge in [-0.05, 0) is 44.2 Å². The molecule has 1 aromatic rings. The highest BCUT2D eigenvalue weighted by atomic mass is 35.5. The fraction of sp³-hybridized carbons (Fsp3) is 0.562. The number of amides is 1. The van der Waals surface area contributed by atoms with Crippen LogP contribution in [-0.4, -0.2) is 51.2 Å². The molecule has 1 unspecified atom stereocenters. The normalized spacial score (nSPS) is 17.2. The molecule has 1 aliphatic rings. The number of hydrogen-bond acceptors (Lipinski definition) is 4. The zero-order chi connectivity index (χ0) is 17.0. The second-order valence-electron chi connectivity index (χ2n) is 6.02. The monoisotopic (exact) mass is 378 g/mol. The standard InChI is InChI=1S/C16H23FN2O3S.ClH/c1-12(16(20)19-9-7-14(18-2)8-10-19)11-23(21,22)15-5-3-13(17)4-6-15;/h3-6,12,14,18H,7-11H2,1-2H3;1H. The first-order chi connectivity index (χ1) is 10.8. The van der Waals surface area contributed by atoms with E-state index >= 15 is 0 Å². The van der Waals surface area contributed by atoms with E-state index in [9.17, 15) is 17.6 Å². The summed E-state index contributed by atoms with van der Waals surface area (Å²) >= 11 is 0. The second kappa shape index (κ2) is 8.78. The van der Waals surface area contributed by atoms with Crippen LogP contribution in [-0.2, 0) is 14.6 Å². The minimum absolute atomic E-state index is 0. The average Bonchev–Trinajstić information content (AvgIpc) is 2.54. The summed E-state index contributed by atoms with van der Waals surface area (Å²) in [5, 5.41) is 3.19. The molecule has 0 spiro atoms. The van der Waals surface area contributed by atoms with Crippen LogP contribution in [0, 0.1) is 11.7 Å². The Hall–Kier alpha value is -1.18. The number of carbonyl (C=O) groups is 1. The predicted octanol–water partition coefficient (Wildman–Crippen LogP) is 1.87. The van der Waals surface area contributed by atoms with Crippen molar-refractivity contribution in [2.45, 2.75) is 30.7 Å². The quantitative estimate of drug-likeness (QED) is 0.794. The Bertz CT molecular complexity index is 644. The van der Waals surface area contributed by atoms with E-state index in [4.69, 9.17) is 0 Å². The van der Waals surface area contributed by atoms with Gasteiger partial charge in [0, 0.05) is 25.0 Å². The van der Waals surface area contributed by atoms with Crippen LogP contribution >= 0.6 is 12.4 Å². The lowest BCUT2D eigenvalue weighted by Gasteiger charge is -2.33. The fourth-order valence-corrected chi connectivity index (χ4v) is 4.38. The number of carbonyl (C=O) groups excluding carboxylic acids is 1. The van der Waals surface area contributed by atoms with Crippen LogP contribution in [0.1, 0.15) is 19.8 Å². The number of benzene rings is 1. The number of sulfone groups is 1. The molecule has 1 atom stereocenters. The summed E-state index contributed by atoms with van der Waals surface area (Å²) in [6.07, 6.45) is 1.75. The Morgan fingerprint density at radius 2 is 1.83 bits per heavy atom. The van der Waals surface area contributed by atoms with Gasteiger partial charge < -0.3 is 10.2 Å². The van der Waals surface area contributed by atoms with Gasteiger partial charge in [-0.15, -0.1) is 12.4 Å². The minimum Gasteiger partial charge on any atom is -0.342 e. The van der Waals surface area contributed by atoms with Crippen LogP contribution < -0.4 is 5.32 Å². The van der Waals surface area contributed by atoms with Gasteiger partial charge in [0.15, 0.2) is 9.84 Å². The van der Waals surface area contributed by atoms with E-state index in [0.717, 1.165) is 25.0 Å². The Balaban J connectivity index is 0.00000288. The molecule has 1 aliphatic heterocycles. The number of halogens is 2. The van der Waals surface area contributed by atoms with Gasteiger partial charge in [0.05, 0.1) is 10.6 Å². The highest BCUT2D eigenvalue weighted by Crippen LogP contribution is 2.18. The van der Waals surface area contributed by atoms with E-state index in [1.807, 2.05) is 7.05 Å². The van der Waals surface area contributed by atoms with Crippen molar-refractivity contribution in [2.75, 3.05) is 25.9 Å². The highest BCUT2D eigenvalue weighted by Gasteiger charge is 2.29. The lowest BCUT2D eigenvalue weighted by molar-refractivity contribution is -0.135. The summed E-state index contributed by atoms with van der Waals surface area (Å²) in [5.41, 5.74) is 0. The SMILES string of the molecule is CNC1CCN(C(=O)C(C)CS(=O)(=O)c2ccc(F)cc2)CC1.Cl. The fourth-order valence-electron chi connectivity index (χ4n) is 2.84. The van der Waals surface area contributed by atoms with Crippen molar-refractivity contribution in [1.82, 2.24) is 10.2 Å². The number of nitrogens with zero attached hydrogens (tertiary/aromatic N) is 1. The number of piperidine rings is 1. The van der Waals surface area contributed by atoms with E-state index in [1.54, 1.807) is 11.8 Å². The Morgan fingerprint density at radius 3 is 2.33 bits per heavy atom. The lowest BCUT2D eigenvalue weighted by atomic mass is 10.0. The first-order valence-electron chi connectivity index (χ1n) is 7.78. The molecule has 24 heavy (non-hydrogen) atoms. The summed E-state index contributed by atoms with van der Waals surface area (Å²) in [7, 11) is -1.70. The van der Waals surface area contributed by atoms with Crippen molar-refractivity contribution in [2.24, 2.45) is 5.92 Å². The van der Waals surface area contributed by atoms with Crippen molar-refractivity contribution in [3.05, 3.63) is 30.1 Å². The van der Waals surface area contributed by atoms with E-state index in [1.165, 1.54) is 12.1 Å². The molecule has 5 nitrogen and oxygen atoms in total. The van der Waals surface area contributed by atoms with Gasteiger partial charge in [-0.25, -0.2) is 12.8 Å². The number of rotatable bonds is 5. The van der Waals surface area contributed by atoms with Crippen molar-refractivity contribution < 1.29 is 17.6 Å². The number of hydrogen-bond donors (Lipinski definition) is 1. The van der Waals surface area contributed by atoms with Crippen molar-refractivity contribution in [1.29, 1.82) is 0 Å². The number of nitrogens with one attached hydrogen (secondary N) is 1. The Kier molecular flexibility index (Phi) is 7.63. The van der Waals surface area contributed by atoms with Gasteiger partial charge in [0.1, 0.15) is 5.82 Å². The second-order valence-corrected chi connectivity index (χ2v) is 8.06. The predicted molar refractivity (Wildman–Crippen MR) is 93.5 cm³/mol. The molecule has 0 saturated carbocycles. The van der Waals surface area contributed by atoms with Gasteiger partial charge in [-0.3, -0.25) is 4.79 Å². The molecule has 1 N–H and O–H groups in total. The molecule has 1 amide bonds. The van der Waals surface area contributed by atoms with Gasteiger partial charge in [0.2, 0.25) is 5.91 Å². The minimum atomic E-state index is -3.60. The first-order valence-corrected chi connectivity index (χ1v) is 9.43. The third-order valence-electron chi connectivity index (χ3n) is 4.28. The van der Waals surface area contributed by atoms with Crippen molar-refractivity contribution in [3.63, 3.8) is 0 Å². The zero-order valence-corrected chi connectivity index (χ0v) is 15.5. The maximum absolute atomic E-state index is 12.9. The molecule has 1 fully saturated rings. The van der Waals surface area contributed by atoms with Gasteiger partial charge in [-0.2, -0.15) is 0 Å². The molecule has 0 bridgehead atoms. The van der Waals surface area contributed by atoms with Crippen LogP contribution in [0.25, 0.3) is 0 Å². The topological polar surface area (TPSA) is 66.5 Å². The molecule has 136 valence electrons. The van der Waals surface area contributed by atoms with Crippen LogP contribution in [0.4, 0.5) is 4.39 Å². The molecular weight excluding hydrogens is 355 g/mol. The largest absolute Gasteiger partial charge is 0.342 e. The summed E-state index contributed by atoms with van der Waals surface area (Å²) in [5.74, 6) is -1.49. The summed E-state index contributed by atoms with van der Waals surface area (Å²) in [6.45, 7) is 2.92. The van der Waals surface area contributed by atoms with Gasteiger partial charge in [0.25, 0.3) is 0 Å². The van der Waals surface area contributed by atoms with Crippen LogP contribution in [0.3, 0.4) is 0 Å². The zero-order valence-electron chi connectivity index (χ0n) is 13.9. The Labute approximate surface area is 148 Å². The highest BCUT2D eigenvalue weighted by molar-refractivity contribution is 7.91. The average molecular weight is 379 g/mol. The molecule has 0 radical (unpaired) electrons.